The summed E-state index contributed by atoms with van der Waals surface area (Å²) in [6.07, 6.45) is 6.01. The third kappa shape index (κ3) is 3.59. The van der Waals surface area contributed by atoms with Crippen molar-refractivity contribution in [2.75, 3.05) is 11.9 Å². The number of hydrogen-bond donors (Lipinski definition) is 2. The van der Waals surface area contributed by atoms with Crippen molar-refractivity contribution in [2.24, 2.45) is 5.73 Å². The highest BCUT2D eigenvalue weighted by atomic mass is 14.9. The van der Waals surface area contributed by atoms with E-state index in [1.165, 1.54) is 22.4 Å². The highest BCUT2D eigenvalue weighted by Gasteiger charge is 2.04. The molecule has 20 heavy (non-hydrogen) atoms. The average molecular weight is 264 g/mol. The summed E-state index contributed by atoms with van der Waals surface area (Å²) >= 11 is 0. The first kappa shape index (κ1) is 14.1. The maximum Gasteiger partial charge on any atom is 0.0416 e. The van der Waals surface area contributed by atoms with Gasteiger partial charge in [-0.05, 0) is 22.8 Å². The highest BCUT2D eigenvalue weighted by molar-refractivity contribution is 5.78. The number of para-hydroxylation sites is 1. The van der Waals surface area contributed by atoms with Gasteiger partial charge < -0.3 is 11.1 Å². The standard InChI is InChI=1S/C15H13N.C3H7N/c1-2-7-14-11-16-15-8-4-3-6-13(15)10-9-12(14)5-1;1-2-3-4/h1-10,16H,11H2;2H,1,3-4H2/b10-9-;. The Hall–Kier alpha value is -2.32. The number of benzene rings is 2. The van der Waals surface area contributed by atoms with Gasteiger partial charge in [0.1, 0.15) is 0 Å². The zero-order valence-electron chi connectivity index (χ0n) is 11.5. The summed E-state index contributed by atoms with van der Waals surface area (Å²) in [6, 6.07) is 16.9. The molecule has 0 aliphatic carbocycles. The van der Waals surface area contributed by atoms with E-state index >= 15 is 0 Å². The number of hydrogen-bond acceptors (Lipinski definition) is 2. The van der Waals surface area contributed by atoms with Crippen LogP contribution >= 0.6 is 0 Å². The molecule has 2 nitrogen and oxygen atoms in total. The van der Waals surface area contributed by atoms with Crippen LogP contribution in [0, 0.1) is 0 Å². The molecule has 3 N–H and O–H groups in total. The first-order chi connectivity index (χ1) is 9.85. The van der Waals surface area contributed by atoms with Crippen molar-refractivity contribution < 1.29 is 0 Å². The molecule has 2 aromatic rings. The van der Waals surface area contributed by atoms with Gasteiger partial charge in [-0.2, -0.15) is 0 Å². The number of nitrogens with two attached hydrogens (primary N) is 1. The lowest BCUT2D eigenvalue weighted by molar-refractivity contribution is 1.14. The molecule has 1 heterocycles. The topological polar surface area (TPSA) is 38.0 Å². The molecule has 1 aliphatic heterocycles. The molecule has 2 heteroatoms. The number of rotatable bonds is 1. The SMILES string of the molecule is C1=C\c2ccccc2NCc2ccccc2/1.C=CCN. The molecule has 0 amide bonds. The van der Waals surface area contributed by atoms with Crippen LogP contribution in [0.2, 0.25) is 0 Å². The number of fused-ring (bicyclic) bond motifs is 2. The van der Waals surface area contributed by atoms with E-state index in [4.69, 9.17) is 5.73 Å². The van der Waals surface area contributed by atoms with E-state index < -0.39 is 0 Å². The number of nitrogens with one attached hydrogen (secondary N) is 1. The quantitative estimate of drug-likeness (QED) is 0.766. The van der Waals surface area contributed by atoms with Gasteiger partial charge >= 0.3 is 0 Å². The predicted octanol–water partition coefficient (Wildman–Crippen LogP) is 3.91. The second-order valence-corrected chi connectivity index (χ2v) is 4.50. The van der Waals surface area contributed by atoms with Crippen LogP contribution in [-0.2, 0) is 6.54 Å². The Kier molecular flexibility index (Phi) is 5.15. The summed E-state index contributed by atoms with van der Waals surface area (Å²) in [4.78, 5) is 0. The second kappa shape index (κ2) is 7.31. The van der Waals surface area contributed by atoms with Crippen LogP contribution in [0.4, 0.5) is 5.69 Å². The van der Waals surface area contributed by atoms with Crippen molar-refractivity contribution >= 4 is 17.8 Å². The van der Waals surface area contributed by atoms with Crippen LogP contribution in [0.15, 0.2) is 61.2 Å². The lowest BCUT2D eigenvalue weighted by atomic mass is 10.0. The van der Waals surface area contributed by atoms with E-state index in [0.29, 0.717) is 6.54 Å². The molecule has 0 saturated heterocycles. The van der Waals surface area contributed by atoms with Crippen LogP contribution in [0.3, 0.4) is 0 Å². The normalized spacial score (nSPS) is 13.2. The summed E-state index contributed by atoms with van der Waals surface area (Å²) in [5, 5.41) is 3.47. The van der Waals surface area contributed by atoms with Crippen LogP contribution < -0.4 is 11.1 Å². The fraction of sp³-hybridized carbons (Fsp3) is 0.111. The molecular weight excluding hydrogens is 244 g/mol. The average Bonchev–Trinajstić information content (AvgIpc) is 2.50. The molecule has 3 rings (SSSR count). The highest BCUT2D eigenvalue weighted by Crippen LogP contribution is 2.23. The minimum atomic E-state index is 0.583. The minimum absolute atomic E-state index is 0.583. The van der Waals surface area contributed by atoms with Crippen molar-refractivity contribution in [1.29, 1.82) is 0 Å². The molecule has 0 spiro atoms. The van der Waals surface area contributed by atoms with E-state index in [-0.39, 0.29) is 0 Å². The monoisotopic (exact) mass is 264 g/mol. The molecule has 0 atom stereocenters. The first-order valence-corrected chi connectivity index (χ1v) is 6.75. The predicted molar refractivity (Wildman–Crippen MR) is 88.4 cm³/mol. The zero-order chi connectivity index (χ0) is 14.2. The molecule has 2 aromatic carbocycles. The van der Waals surface area contributed by atoms with E-state index in [0.717, 1.165) is 6.54 Å². The molecule has 102 valence electrons. The van der Waals surface area contributed by atoms with Crippen molar-refractivity contribution in [3.8, 4) is 0 Å². The molecule has 0 unspecified atom stereocenters. The van der Waals surface area contributed by atoms with Gasteiger partial charge in [-0.25, -0.2) is 0 Å². The molecule has 0 saturated carbocycles. The van der Waals surface area contributed by atoms with Crippen molar-refractivity contribution in [3.05, 3.63) is 77.9 Å². The summed E-state index contributed by atoms with van der Waals surface area (Å²) < 4.78 is 0. The van der Waals surface area contributed by atoms with Crippen molar-refractivity contribution in [2.45, 2.75) is 6.54 Å². The van der Waals surface area contributed by atoms with E-state index in [1.54, 1.807) is 6.08 Å². The number of anilines is 1. The van der Waals surface area contributed by atoms with Crippen LogP contribution in [0.1, 0.15) is 16.7 Å². The summed E-state index contributed by atoms with van der Waals surface area (Å²) in [5.41, 5.74) is 10.00. The van der Waals surface area contributed by atoms with E-state index in [9.17, 15) is 0 Å². The fourth-order valence-corrected chi connectivity index (χ4v) is 2.03. The van der Waals surface area contributed by atoms with Gasteiger partial charge in [0.15, 0.2) is 0 Å². The smallest absolute Gasteiger partial charge is 0.0416 e. The van der Waals surface area contributed by atoms with Crippen molar-refractivity contribution in [1.82, 2.24) is 0 Å². The van der Waals surface area contributed by atoms with Gasteiger partial charge in [0, 0.05) is 18.8 Å². The first-order valence-electron chi connectivity index (χ1n) is 6.75. The van der Waals surface area contributed by atoms with Crippen LogP contribution in [-0.4, -0.2) is 6.54 Å². The second-order valence-electron chi connectivity index (χ2n) is 4.50. The van der Waals surface area contributed by atoms with E-state index in [1.807, 2.05) is 0 Å². The fourth-order valence-electron chi connectivity index (χ4n) is 2.03. The van der Waals surface area contributed by atoms with Crippen molar-refractivity contribution in [3.63, 3.8) is 0 Å². The third-order valence-electron chi connectivity index (χ3n) is 3.09. The molecular formula is C18H20N2. The largest absolute Gasteiger partial charge is 0.380 e. The third-order valence-corrected chi connectivity index (χ3v) is 3.09. The molecule has 1 aliphatic rings. The summed E-state index contributed by atoms with van der Waals surface area (Å²) in [6.45, 7) is 4.82. The Morgan fingerprint density at radius 1 is 1.00 bits per heavy atom. The summed E-state index contributed by atoms with van der Waals surface area (Å²) in [7, 11) is 0. The summed E-state index contributed by atoms with van der Waals surface area (Å²) in [5.74, 6) is 0. The molecule has 0 bridgehead atoms. The minimum Gasteiger partial charge on any atom is -0.380 e. The van der Waals surface area contributed by atoms with Crippen LogP contribution in [0.5, 0.6) is 0 Å². The van der Waals surface area contributed by atoms with Gasteiger partial charge in [0.2, 0.25) is 0 Å². The van der Waals surface area contributed by atoms with Gasteiger partial charge in [-0.1, -0.05) is 60.7 Å². The Morgan fingerprint density at radius 2 is 1.60 bits per heavy atom. The molecule has 0 aromatic heterocycles. The van der Waals surface area contributed by atoms with Gasteiger partial charge in [-0.3, -0.25) is 0 Å². The zero-order valence-corrected chi connectivity index (χ0v) is 11.5. The van der Waals surface area contributed by atoms with E-state index in [2.05, 4.69) is 72.6 Å². The Bertz CT molecular complexity index is 550. The molecule has 0 radical (unpaired) electrons. The Morgan fingerprint density at radius 3 is 2.35 bits per heavy atom. The van der Waals surface area contributed by atoms with Gasteiger partial charge in [-0.15, -0.1) is 6.58 Å². The van der Waals surface area contributed by atoms with Gasteiger partial charge in [0.25, 0.3) is 0 Å². The maximum atomic E-state index is 4.91. The Labute approximate surface area is 120 Å². The van der Waals surface area contributed by atoms with Gasteiger partial charge in [0.05, 0.1) is 0 Å². The lowest BCUT2D eigenvalue weighted by Crippen LogP contribution is -2.03. The Balaban J connectivity index is 0.000000328. The maximum absolute atomic E-state index is 4.91. The molecule has 0 fully saturated rings. The lowest BCUT2D eigenvalue weighted by Gasteiger charge is -2.14. The van der Waals surface area contributed by atoms with Crippen LogP contribution in [0.25, 0.3) is 12.2 Å².